The van der Waals surface area contributed by atoms with Gasteiger partial charge in [0.05, 0.1) is 0 Å². The molecule has 0 radical (unpaired) electrons. The lowest BCUT2D eigenvalue weighted by Gasteiger charge is -2.30. The first-order valence-electron chi connectivity index (χ1n) is 6.32. The van der Waals surface area contributed by atoms with Gasteiger partial charge in [0, 0.05) is 19.1 Å². The summed E-state index contributed by atoms with van der Waals surface area (Å²) in [6, 6.07) is 0.336. The van der Waals surface area contributed by atoms with Crippen molar-refractivity contribution in [3.05, 3.63) is 0 Å². The summed E-state index contributed by atoms with van der Waals surface area (Å²) in [6.07, 6.45) is 0.912. The van der Waals surface area contributed by atoms with E-state index in [9.17, 15) is 14.7 Å². The van der Waals surface area contributed by atoms with E-state index in [0.29, 0.717) is 19.1 Å². The molecule has 1 heterocycles. The van der Waals surface area contributed by atoms with Crippen LogP contribution in [-0.2, 0) is 9.59 Å². The van der Waals surface area contributed by atoms with Gasteiger partial charge in [-0.2, -0.15) is 0 Å². The molecule has 104 valence electrons. The average Bonchev–Trinajstić information content (AvgIpc) is 2.62. The van der Waals surface area contributed by atoms with E-state index in [0.717, 1.165) is 6.42 Å². The number of carboxylic acid groups (broad SMARTS) is 1. The highest BCUT2D eigenvalue weighted by Gasteiger charge is 2.42. The Bertz CT molecular complexity index is 334. The summed E-state index contributed by atoms with van der Waals surface area (Å²) in [5.41, 5.74) is -0.556. The number of carbonyl (C=O) groups is 2. The molecule has 5 heteroatoms. The Hall–Kier alpha value is -1.10. The lowest BCUT2D eigenvalue weighted by Crippen LogP contribution is -2.45. The van der Waals surface area contributed by atoms with Crippen LogP contribution in [0.1, 0.15) is 27.2 Å². The molecule has 2 unspecified atom stereocenters. The summed E-state index contributed by atoms with van der Waals surface area (Å²) in [5, 5.41) is 9.26. The second kappa shape index (κ2) is 5.26. The molecule has 1 saturated heterocycles. The molecule has 1 aliphatic heterocycles. The molecule has 0 saturated carbocycles. The van der Waals surface area contributed by atoms with Crippen molar-refractivity contribution >= 4 is 11.9 Å². The monoisotopic (exact) mass is 256 g/mol. The minimum atomic E-state index is -1.03. The number of aliphatic carboxylic acids is 1. The van der Waals surface area contributed by atoms with Crippen molar-refractivity contribution in [2.24, 2.45) is 11.3 Å². The zero-order valence-electron chi connectivity index (χ0n) is 11.9. The van der Waals surface area contributed by atoms with Crippen LogP contribution in [0.25, 0.3) is 0 Å². The van der Waals surface area contributed by atoms with Gasteiger partial charge in [0.15, 0.2) is 0 Å². The second-order valence-corrected chi connectivity index (χ2v) is 6.33. The summed E-state index contributed by atoms with van der Waals surface area (Å²) >= 11 is 0. The van der Waals surface area contributed by atoms with Gasteiger partial charge < -0.3 is 14.9 Å². The molecule has 1 fully saturated rings. The third kappa shape index (κ3) is 3.22. The topological polar surface area (TPSA) is 60.9 Å². The largest absolute Gasteiger partial charge is 0.481 e. The number of rotatable bonds is 3. The Kier molecular flexibility index (Phi) is 4.37. The predicted molar refractivity (Wildman–Crippen MR) is 69.3 cm³/mol. The van der Waals surface area contributed by atoms with Crippen molar-refractivity contribution in [2.75, 3.05) is 27.2 Å². The van der Waals surface area contributed by atoms with Crippen LogP contribution >= 0.6 is 0 Å². The minimum absolute atomic E-state index is 0.251. The fourth-order valence-corrected chi connectivity index (χ4v) is 2.39. The van der Waals surface area contributed by atoms with E-state index in [4.69, 9.17) is 0 Å². The van der Waals surface area contributed by atoms with E-state index >= 15 is 0 Å². The van der Waals surface area contributed by atoms with Crippen LogP contribution < -0.4 is 0 Å². The molecule has 0 aromatic heterocycles. The first-order valence-corrected chi connectivity index (χ1v) is 6.32. The van der Waals surface area contributed by atoms with Crippen LogP contribution in [0.3, 0.4) is 0 Å². The van der Waals surface area contributed by atoms with Gasteiger partial charge in [-0.3, -0.25) is 9.59 Å². The molecule has 1 N–H and O–H groups in total. The number of hydrogen-bond acceptors (Lipinski definition) is 3. The smallest absolute Gasteiger partial charge is 0.316 e. The maximum absolute atomic E-state index is 12.3. The molecule has 1 amide bonds. The SMILES string of the molecule is CN(C)C1CCN(C(=O)C(C(=O)O)C(C)(C)C)C1. The highest BCUT2D eigenvalue weighted by atomic mass is 16.4. The fourth-order valence-electron chi connectivity index (χ4n) is 2.39. The third-order valence-corrected chi connectivity index (χ3v) is 3.57. The van der Waals surface area contributed by atoms with Crippen LogP contribution in [0, 0.1) is 11.3 Å². The summed E-state index contributed by atoms with van der Waals surface area (Å²) in [5.74, 6) is -2.24. The number of carbonyl (C=O) groups excluding carboxylic acids is 1. The highest BCUT2D eigenvalue weighted by Crippen LogP contribution is 2.29. The van der Waals surface area contributed by atoms with Gasteiger partial charge in [-0.25, -0.2) is 0 Å². The lowest BCUT2D eigenvalue weighted by molar-refractivity contribution is -0.155. The molecule has 2 atom stereocenters. The molecule has 0 aliphatic carbocycles. The van der Waals surface area contributed by atoms with Gasteiger partial charge >= 0.3 is 5.97 Å². The van der Waals surface area contributed by atoms with Crippen LogP contribution in [0.2, 0.25) is 0 Å². The van der Waals surface area contributed by atoms with Crippen molar-refractivity contribution in [3.8, 4) is 0 Å². The molecule has 0 aromatic carbocycles. The molecule has 5 nitrogen and oxygen atoms in total. The van der Waals surface area contributed by atoms with Gasteiger partial charge in [-0.15, -0.1) is 0 Å². The molecular formula is C13H24N2O3. The van der Waals surface area contributed by atoms with Crippen LogP contribution in [0.15, 0.2) is 0 Å². The third-order valence-electron chi connectivity index (χ3n) is 3.57. The molecule has 0 bridgehead atoms. The molecular weight excluding hydrogens is 232 g/mol. The average molecular weight is 256 g/mol. The van der Waals surface area contributed by atoms with E-state index < -0.39 is 17.3 Å². The highest BCUT2D eigenvalue weighted by molar-refractivity contribution is 5.97. The summed E-state index contributed by atoms with van der Waals surface area (Å²) in [7, 11) is 3.97. The van der Waals surface area contributed by atoms with Crippen molar-refractivity contribution in [1.29, 1.82) is 0 Å². The number of likely N-dealkylation sites (N-methyl/N-ethyl adjacent to an activating group) is 1. The first-order chi connectivity index (χ1) is 8.14. The van der Waals surface area contributed by atoms with Crippen molar-refractivity contribution in [3.63, 3.8) is 0 Å². The molecule has 0 spiro atoms. The predicted octanol–water partition coefficient (Wildman–Crippen LogP) is 0.896. The summed E-state index contributed by atoms with van der Waals surface area (Å²) < 4.78 is 0. The van der Waals surface area contributed by atoms with Crippen molar-refractivity contribution < 1.29 is 14.7 Å². The summed E-state index contributed by atoms with van der Waals surface area (Å²) in [6.45, 7) is 6.67. The fraction of sp³-hybridized carbons (Fsp3) is 0.846. The van der Waals surface area contributed by atoms with E-state index in [-0.39, 0.29) is 5.91 Å². The zero-order valence-corrected chi connectivity index (χ0v) is 11.9. The Morgan fingerprint density at radius 2 is 1.89 bits per heavy atom. The number of hydrogen-bond donors (Lipinski definition) is 1. The van der Waals surface area contributed by atoms with E-state index in [2.05, 4.69) is 4.90 Å². The standard InChI is InChI=1S/C13H24N2O3/c1-13(2,3)10(12(17)18)11(16)15-7-6-9(8-15)14(4)5/h9-10H,6-8H2,1-5H3,(H,17,18). The molecule has 1 aliphatic rings. The number of carboxylic acids is 1. The van der Waals surface area contributed by atoms with Gasteiger partial charge in [0.25, 0.3) is 0 Å². The van der Waals surface area contributed by atoms with Gasteiger partial charge in [-0.05, 0) is 25.9 Å². The summed E-state index contributed by atoms with van der Waals surface area (Å²) in [4.78, 5) is 27.4. The Morgan fingerprint density at radius 3 is 2.22 bits per heavy atom. The Labute approximate surface area is 109 Å². The van der Waals surface area contributed by atoms with Gasteiger partial charge in [0.2, 0.25) is 5.91 Å². The number of likely N-dealkylation sites (tertiary alicyclic amines) is 1. The first kappa shape index (κ1) is 15.0. The second-order valence-electron chi connectivity index (χ2n) is 6.33. The van der Waals surface area contributed by atoms with Crippen molar-refractivity contribution in [1.82, 2.24) is 9.80 Å². The zero-order chi connectivity index (χ0) is 14.1. The number of nitrogens with zero attached hydrogens (tertiary/aromatic N) is 2. The Balaban J connectivity index is 2.78. The Morgan fingerprint density at radius 1 is 1.33 bits per heavy atom. The normalized spacial score (nSPS) is 22.3. The maximum atomic E-state index is 12.3. The molecule has 1 rings (SSSR count). The maximum Gasteiger partial charge on any atom is 0.316 e. The lowest BCUT2D eigenvalue weighted by atomic mass is 9.80. The number of amides is 1. The molecule has 0 aromatic rings. The van der Waals surface area contributed by atoms with Gasteiger partial charge in [-0.1, -0.05) is 20.8 Å². The van der Waals surface area contributed by atoms with Crippen LogP contribution in [-0.4, -0.2) is 60.0 Å². The van der Waals surface area contributed by atoms with Crippen molar-refractivity contribution in [2.45, 2.75) is 33.2 Å². The van der Waals surface area contributed by atoms with Gasteiger partial charge in [0.1, 0.15) is 5.92 Å². The van der Waals surface area contributed by atoms with Crippen LogP contribution in [0.4, 0.5) is 0 Å². The van der Waals surface area contributed by atoms with E-state index in [1.165, 1.54) is 0 Å². The minimum Gasteiger partial charge on any atom is -0.481 e. The molecule has 18 heavy (non-hydrogen) atoms. The van der Waals surface area contributed by atoms with Crippen LogP contribution in [0.5, 0.6) is 0 Å². The van der Waals surface area contributed by atoms with E-state index in [1.54, 1.807) is 25.7 Å². The van der Waals surface area contributed by atoms with E-state index in [1.807, 2.05) is 14.1 Å². The quantitative estimate of drug-likeness (QED) is 0.762.